The van der Waals surface area contributed by atoms with Crippen molar-refractivity contribution in [2.24, 2.45) is 4.99 Å². The van der Waals surface area contributed by atoms with Crippen LogP contribution in [0.3, 0.4) is 0 Å². The first-order valence-electron chi connectivity index (χ1n) is 9.60. The van der Waals surface area contributed by atoms with E-state index in [-0.39, 0.29) is 0 Å². The van der Waals surface area contributed by atoms with Crippen LogP contribution in [-0.2, 0) is 17.2 Å². The molecular weight excluding hydrogens is 344 g/mol. The summed E-state index contributed by atoms with van der Waals surface area (Å²) >= 11 is 0. The highest BCUT2D eigenvalue weighted by Crippen LogP contribution is 2.23. The molecule has 1 aromatic heterocycles. The van der Waals surface area contributed by atoms with Gasteiger partial charge in [0, 0.05) is 59.1 Å². The van der Waals surface area contributed by atoms with Crippen molar-refractivity contribution in [3.8, 4) is 0 Å². The summed E-state index contributed by atoms with van der Waals surface area (Å²) in [6, 6.07) is 10.9. The Hall–Kier alpha value is -1.82. The molecule has 142 valence electrons. The van der Waals surface area contributed by atoms with Gasteiger partial charge in [-0.05, 0) is 36.8 Å². The van der Waals surface area contributed by atoms with E-state index in [0.717, 1.165) is 50.4 Å². The first kappa shape index (κ1) is 19.0. The van der Waals surface area contributed by atoms with E-state index in [1.807, 2.05) is 14.0 Å². The highest BCUT2D eigenvalue weighted by molar-refractivity contribution is 7.85. The molecular formula is C20H30N4OS. The SMILES string of the molecule is CCS(=O)C1CCCC(NC(=NC)NCCc2cc3ccccc3[nH]2)C1. The normalized spacial score (nSPS) is 22.3. The van der Waals surface area contributed by atoms with Crippen LogP contribution in [0.15, 0.2) is 35.3 Å². The minimum Gasteiger partial charge on any atom is -0.358 e. The fraction of sp³-hybridized carbons (Fsp3) is 0.550. The van der Waals surface area contributed by atoms with E-state index in [2.05, 4.69) is 50.9 Å². The monoisotopic (exact) mass is 374 g/mol. The summed E-state index contributed by atoms with van der Waals surface area (Å²) in [6.07, 6.45) is 5.25. The molecule has 0 radical (unpaired) electrons. The molecule has 0 aliphatic heterocycles. The van der Waals surface area contributed by atoms with Crippen LogP contribution in [-0.4, -0.2) is 45.8 Å². The summed E-state index contributed by atoms with van der Waals surface area (Å²) in [4.78, 5) is 7.81. The summed E-state index contributed by atoms with van der Waals surface area (Å²) in [7, 11) is 1.11. The number of fused-ring (bicyclic) bond motifs is 1. The number of aliphatic imine (C=N–C) groups is 1. The molecule has 6 heteroatoms. The van der Waals surface area contributed by atoms with E-state index in [4.69, 9.17) is 0 Å². The van der Waals surface area contributed by atoms with E-state index < -0.39 is 10.8 Å². The number of hydrogen-bond acceptors (Lipinski definition) is 2. The molecule has 2 aromatic rings. The summed E-state index contributed by atoms with van der Waals surface area (Å²) in [5.74, 6) is 1.60. The second-order valence-corrected chi connectivity index (χ2v) is 8.94. The van der Waals surface area contributed by atoms with Crippen LogP contribution in [0.5, 0.6) is 0 Å². The van der Waals surface area contributed by atoms with E-state index >= 15 is 0 Å². The number of aromatic nitrogens is 1. The van der Waals surface area contributed by atoms with Crippen LogP contribution < -0.4 is 10.6 Å². The Kier molecular flexibility index (Phi) is 6.72. The van der Waals surface area contributed by atoms with Gasteiger partial charge in [0.1, 0.15) is 0 Å². The molecule has 3 rings (SSSR count). The highest BCUT2D eigenvalue weighted by atomic mass is 32.2. The molecule has 1 fully saturated rings. The van der Waals surface area contributed by atoms with Gasteiger partial charge in [-0.25, -0.2) is 0 Å². The number of para-hydroxylation sites is 1. The third kappa shape index (κ3) is 4.87. The first-order valence-corrected chi connectivity index (χ1v) is 11.0. The average molecular weight is 375 g/mol. The van der Waals surface area contributed by atoms with Crippen LogP contribution in [0.1, 0.15) is 38.3 Å². The first-order chi connectivity index (χ1) is 12.7. The molecule has 5 nitrogen and oxygen atoms in total. The zero-order chi connectivity index (χ0) is 18.4. The molecule has 26 heavy (non-hydrogen) atoms. The van der Waals surface area contributed by atoms with Crippen LogP contribution in [0, 0.1) is 0 Å². The number of guanidine groups is 1. The maximum Gasteiger partial charge on any atom is 0.191 e. The lowest BCUT2D eigenvalue weighted by atomic mass is 9.95. The molecule has 1 aromatic carbocycles. The second-order valence-electron chi connectivity index (χ2n) is 6.93. The standard InChI is InChI=1S/C20H30N4OS/c1-3-26(25)18-9-6-8-16(14-18)24-20(21-2)22-12-11-17-13-15-7-4-5-10-19(15)23-17/h4-5,7,10,13,16,18,23H,3,6,8-9,11-12,14H2,1-2H3,(H2,21,22,24). The van der Waals surface area contributed by atoms with Crippen LogP contribution in [0.4, 0.5) is 0 Å². The predicted molar refractivity (Wildman–Crippen MR) is 111 cm³/mol. The van der Waals surface area contributed by atoms with Crippen LogP contribution in [0.2, 0.25) is 0 Å². The third-order valence-electron chi connectivity index (χ3n) is 5.12. The molecule has 0 bridgehead atoms. The van der Waals surface area contributed by atoms with E-state index in [9.17, 15) is 4.21 Å². The zero-order valence-electron chi connectivity index (χ0n) is 15.8. The van der Waals surface area contributed by atoms with Gasteiger partial charge in [0.2, 0.25) is 0 Å². The van der Waals surface area contributed by atoms with E-state index in [1.165, 1.54) is 16.6 Å². The van der Waals surface area contributed by atoms with Gasteiger partial charge in [-0.3, -0.25) is 9.20 Å². The van der Waals surface area contributed by atoms with Crippen LogP contribution in [0.25, 0.3) is 10.9 Å². The summed E-state index contributed by atoms with van der Waals surface area (Å²) < 4.78 is 12.1. The van der Waals surface area contributed by atoms with Gasteiger partial charge in [0.15, 0.2) is 5.96 Å². The van der Waals surface area contributed by atoms with Gasteiger partial charge in [0.05, 0.1) is 0 Å². The number of aromatic amines is 1. The maximum atomic E-state index is 12.1. The predicted octanol–water partition coefficient (Wildman–Crippen LogP) is 2.96. The molecule has 1 saturated carbocycles. The van der Waals surface area contributed by atoms with Crippen molar-refractivity contribution < 1.29 is 4.21 Å². The van der Waals surface area contributed by atoms with Crippen molar-refractivity contribution in [3.05, 3.63) is 36.0 Å². The summed E-state index contributed by atoms with van der Waals surface area (Å²) in [6.45, 7) is 2.83. The molecule has 0 saturated heterocycles. The lowest BCUT2D eigenvalue weighted by Gasteiger charge is -2.30. The summed E-state index contributed by atoms with van der Waals surface area (Å²) in [5, 5.41) is 8.51. The van der Waals surface area contributed by atoms with Crippen molar-refractivity contribution >= 4 is 27.7 Å². The maximum absolute atomic E-state index is 12.1. The Morgan fingerprint density at radius 1 is 1.35 bits per heavy atom. The molecule has 3 N–H and O–H groups in total. The Balaban J connectivity index is 1.48. The quantitative estimate of drug-likeness (QED) is 0.538. The smallest absolute Gasteiger partial charge is 0.191 e. The number of rotatable bonds is 6. The minimum absolute atomic E-state index is 0.329. The number of H-pyrrole nitrogens is 1. The average Bonchev–Trinajstić information content (AvgIpc) is 3.09. The molecule has 1 aliphatic carbocycles. The molecule has 3 atom stereocenters. The number of hydrogen-bond donors (Lipinski definition) is 3. The molecule has 0 amide bonds. The molecule has 0 spiro atoms. The number of nitrogens with one attached hydrogen (secondary N) is 3. The molecule has 3 unspecified atom stereocenters. The number of benzene rings is 1. The van der Waals surface area contributed by atoms with Crippen molar-refractivity contribution in [1.29, 1.82) is 0 Å². The Labute approximate surface area is 158 Å². The molecule has 1 heterocycles. The van der Waals surface area contributed by atoms with Gasteiger partial charge in [0.25, 0.3) is 0 Å². The zero-order valence-corrected chi connectivity index (χ0v) is 16.6. The van der Waals surface area contributed by atoms with Crippen LogP contribution >= 0.6 is 0 Å². The minimum atomic E-state index is -0.693. The highest BCUT2D eigenvalue weighted by Gasteiger charge is 2.25. The van der Waals surface area contributed by atoms with Crippen molar-refractivity contribution in [3.63, 3.8) is 0 Å². The van der Waals surface area contributed by atoms with Gasteiger partial charge in [-0.1, -0.05) is 31.5 Å². The Morgan fingerprint density at radius 3 is 2.96 bits per heavy atom. The van der Waals surface area contributed by atoms with Crippen molar-refractivity contribution in [2.75, 3.05) is 19.3 Å². The second kappa shape index (κ2) is 9.21. The summed E-state index contributed by atoms with van der Waals surface area (Å²) in [5.41, 5.74) is 2.41. The Bertz CT molecular complexity index is 737. The van der Waals surface area contributed by atoms with Crippen molar-refractivity contribution in [1.82, 2.24) is 15.6 Å². The third-order valence-corrected chi connectivity index (χ3v) is 6.86. The topological polar surface area (TPSA) is 69.3 Å². The van der Waals surface area contributed by atoms with Gasteiger partial charge in [-0.2, -0.15) is 0 Å². The Morgan fingerprint density at radius 2 is 2.19 bits per heavy atom. The largest absolute Gasteiger partial charge is 0.358 e. The van der Waals surface area contributed by atoms with Gasteiger partial charge in [-0.15, -0.1) is 0 Å². The fourth-order valence-corrected chi connectivity index (χ4v) is 5.07. The van der Waals surface area contributed by atoms with E-state index in [0.29, 0.717) is 11.3 Å². The van der Waals surface area contributed by atoms with Gasteiger partial charge < -0.3 is 15.6 Å². The van der Waals surface area contributed by atoms with Gasteiger partial charge >= 0.3 is 0 Å². The fourth-order valence-electron chi connectivity index (χ4n) is 3.72. The lowest BCUT2D eigenvalue weighted by molar-refractivity contribution is 0.413. The molecule has 1 aliphatic rings. The lowest BCUT2D eigenvalue weighted by Crippen LogP contribution is -2.47. The van der Waals surface area contributed by atoms with Crippen molar-refractivity contribution in [2.45, 2.75) is 50.3 Å². The van der Waals surface area contributed by atoms with E-state index in [1.54, 1.807) is 0 Å². The number of nitrogens with zero attached hydrogens (tertiary/aromatic N) is 1.